The monoisotopic (exact) mass is 309 g/mol. The SMILES string of the molecule is COc1ccc(PC(=O)c2c(C)cccc2C)c(OC)c1.[Li]. The fourth-order valence-corrected chi connectivity index (χ4v) is 3.49. The molecule has 22 heavy (non-hydrogen) atoms. The summed E-state index contributed by atoms with van der Waals surface area (Å²) >= 11 is 0. The van der Waals surface area contributed by atoms with Crippen molar-refractivity contribution in [2.45, 2.75) is 13.8 Å². The molecule has 111 valence electrons. The zero-order valence-electron chi connectivity index (χ0n) is 13.7. The number of hydrogen-bond acceptors (Lipinski definition) is 3. The fourth-order valence-electron chi connectivity index (χ4n) is 2.26. The summed E-state index contributed by atoms with van der Waals surface area (Å²) in [6, 6.07) is 11.5. The van der Waals surface area contributed by atoms with Gasteiger partial charge in [-0.15, -0.1) is 0 Å². The van der Waals surface area contributed by atoms with Gasteiger partial charge in [0.25, 0.3) is 0 Å². The van der Waals surface area contributed by atoms with Crippen molar-refractivity contribution in [2.75, 3.05) is 14.2 Å². The van der Waals surface area contributed by atoms with Gasteiger partial charge in [-0.25, -0.2) is 0 Å². The van der Waals surface area contributed by atoms with E-state index in [1.165, 1.54) is 0 Å². The van der Waals surface area contributed by atoms with Crippen LogP contribution in [-0.2, 0) is 0 Å². The maximum atomic E-state index is 12.6. The van der Waals surface area contributed by atoms with Crippen molar-refractivity contribution in [1.82, 2.24) is 0 Å². The van der Waals surface area contributed by atoms with Gasteiger partial charge < -0.3 is 9.47 Å². The number of aryl methyl sites for hydroxylation is 2. The molecule has 1 radical (unpaired) electrons. The van der Waals surface area contributed by atoms with Crippen LogP contribution in [0, 0.1) is 13.8 Å². The molecule has 0 amide bonds. The first-order valence-electron chi connectivity index (χ1n) is 6.66. The Labute approximate surface area is 145 Å². The molecule has 1 unspecified atom stereocenters. The second-order valence-corrected chi connectivity index (χ2v) is 6.03. The van der Waals surface area contributed by atoms with Crippen LogP contribution in [-0.4, -0.2) is 38.6 Å². The number of carbonyl (C=O) groups is 1. The summed E-state index contributed by atoms with van der Waals surface area (Å²) in [6.45, 7) is 3.94. The van der Waals surface area contributed by atoms with Gasteiger partial charge in [-0.3, -0.25) is 4.79 Å². The average molecular weight is 309 g/mol. The summed E-state index contributed by atoms with van der Waals surface area (Å²) < 4.78 is 10.5. The second kappa shape index (κ2) is 8.39. The molecule has 2 aromatic carbocycles. The Bertz CT molecular complexity index is 651. The number of ether oxygens (including phenoxy) is 2. The number of carbonyl (C=O) groups excluding carboxylic acids is 1. The molecular formula is C17H19LiO3P. The number of benzene rings is 2. The van der Waals surface area contributed by atoms with Gasteiger partial charge in [0.1, 0.15) is 11.5 Å². The molecule has 0 heterocycles. The Hall–Kier alpha value is -1.26. The van der Waals surface area contributed by atoms with E-state index in [1.807, 2.05) is 44.2 Å². The third-order valence-corrected chi connectivity index (χ3v) is 4.52. The topological polar surface area (TPSA) is 35.5 Å². The van der Waals surface area contributed by atoms with E-state index in [0.29, 0.717) is 5.75 Å². The van der Waals surface area contributed by atoms with Crippen molar-refractivity contribution in [3.63, 3.8) is 0 Å². The first-order valence-corrected chi connectivity index (χ1v) is 7.66. The predicted octanol–water partition coefficient (Wildman–Crippen LogP) is 3.08. The maximum absolute atomic E-state index is 12.6. The molecule has 0 aliphatic heterocycles. The Kier molecular flexibility index (Phi) is 7.17. The number of methoxy groups -OCH3 is 2. The average Bonchev–Trinajstić information content (AvgIpc) is 2.47. The van der Waals surface area contributed by atoms with Crippen LogP contribution >= 0.6 is 8.58 Å². The molecule has 2 rings (SSSR count). The molecule has 1 atom stereocenters. The van der Waals surface area contributed by atoms with E-state index >= 15 is 0 Å². The normalized spacial score (nSPS) is 10.4. The van der Waals surface area contributed by atoms with Gasteiger partial charge in [-0.05, 0) is 45.7 Å². The molecule has 0 aromatic heterocycles. The summed E-state index contributed by atoms with van der Waals surface area (Å²) in [4.78, 5) is 12.6. The van der Waals surface area contributed by atoms with E-state index in [0.717, 1.165) is 27.7 Å². The third-order valence-electron chi connectivity index (χ3n) is 3.37. The summed E-state index contributed by atoms with van der Waals surface area (Å²) in [6.07, 6.45) is 0. The Balaban J connectivity index is 0.00000242. The van der Waals surface area contributed by atoms with Gasteiger partial charge in [0.05, 0.1) is 14.2 Å². The van der Waals surface area contributed by atoms with Crippen LogP contribution in [0.2, 0.25) is 0 Å². The van der Waals surface area contributed by atoms with Gasteiger partial charge in [0.2, 0.25) is 0 Å². The van der Waals surface area contributed by atoms with Gasteiger partial charge in [0.15, 0.2) is 5.52 Å². The summed E-state index contributed by atoms with van der Waals surface area (Å²) in [5.74, 6) is 1.41. The minimum absolute atomic E-state index is 0. The first-order chi connectivity index (χ1) is 10.1. The van der Waals surface area contributed by atoms with Crippen molar-refractivity contribution < 1.29 is 14.3 Å². The van der Waals surface area contributed by atoms with Crippen LogP contribution in [0.15, 0.2) is 36.4 Å². The van der Waals surface area contributed by atoms with Crippen LogP contribution < -0.4 is 14.8 Å². The van der Waals surface area contributed by atoms with E-state index in [1.54, 1.807) is 20.3 Å². The largest absolute Gasteiger partial charge is 0.497 e. The smallest absolute Gasteiger partial charge is 0.186 e. The molecule has 0 saturated carbocycles. The van der Waals surface area contributed by atoms with Crippen LogP contribution in [0.1, 0.15) is 21.5 Å². The molecule has 5 heteroatoms. The minimum Gasteiger partial charge on any atom is -0.497 e. The predicted molar refractivity (Wildman–Crippen MR) is 93.5 cm³/mol. The van der Waals surface area contributed by atoms with Crippen molar-refractivity contribution in [2.24, 2.45) is 0 Å². The molecule has 3 nitrogen and oxygen atoms in total. The van der Waals surface area contributed by atoms with Crippen molar-refractivity contribution >= 4 is 38.3 Å². The Morgan fingerprint density at radius 3 is 2.18 bits per heavy atom. The Morgan fingerprint density at radius 2 is 1.64 bits per heavy atom. The molecule has 0 fully saturated rings. The molecule has 2 aromatic rings. The minimum atomic E-state index is 0. The zero-order valence-corrected chi connectivity index (χ0v) is 14.7. The first kappa shape index (κ1) is 18.8. The number of rotatable bonds is 5. The molecule has 0 aliphatic carbocycles. The van der Waals surface area contributed by atoms with Gasteiger partial charge in [0, 0.05) is 35.8 Å². The van der Waals surface area contributed by atoms with Crippen LogP contribution in [0.3, 0.4) is 0 Å². The molecule has 0 aliphatic rings. The van der Waals surface area contributed by atoms with Gasteiger partial charge in [-0.2, -0.15) is 0 Å². The van der Waals surface area contributed by atoms with E-state index in [2.05, 4.69) is 0 Å². The zero-order chi connectivity index (χ0) is 15.4. The summed E-state index contributed by atoms with van der Waals surface area (Å²) in [5, 5.41) is 0.894. The molecule has 0 bridgehead atoms. The summed E-state index contributed by atoms with van der Waals surface area (Å²) in [7, 11) is 3.25. The molecule has 0 spiro atoms. The van der Waals surface area contributed by atoms with E-state index in [-0.39, 0.29) is 33.0 Å². The summed E-state index contributed by atoms with van der Waals surface area (Å²) in [5.41, 5.74) is 2.97. The van der Waals surface area contributed by atoms with Crippen molar-refractivity contribution in [3.05, 3.63) is 53.1 Å². The van der Waals surface area contributed by atoms with E-state index in [9.17, 15) is 4.79 Å². The Morgan fingerprint density at radius 1 is 1.00 bits per heavy atom. The van der Waals surface area contributed by atoms with Crippen molar-refractivity contribution in [1.29, 1.82) is 0 Å². The van der Waals surface area contributed by atoms with Crippen LogP contribution in [0.25, 0.3) is 0 Å². The van der Waals surface area contributed by atoms with Gasteiger partial charge >= 0.3 is 0 Å². The standard InChI is InChI=1S/C17H19O3P.Li/c1-11-6-5-7-12(2)16(11)17(18)21-15-9-8-13(19-3)10-14(15)20-4;/h5-10,21H,1-4H3;. The maximum Gasteiger partial charge on any atom is 0.186 e. The quantitative estimate of drug-likeness (QED) is 0.629. The van der Waals surface area contributed by atoms with Crippen LogP contribution in [0.4, 0.5) is 0 Å². The molecule has 0 saturated heterocycles. The second-order valence-electron chi connectivity index (χ2n) is 4.79. The van der Waals surface area contributed by atoms with E-state index in [4.69, 9.17) is 9.47 Å². The van der Waals surface area contributed by atoms with Gasteiger partial charge in [-0.1, -0.05) is 18.2 Å². The molecular weight excluding hydrogens is 290 g/mol. The van der Waals surface area contributed by atoms with Crippen LogP contribution in [0.5, 0.6) is 11.5 Å². The number of hydrogen-bond donors (Lipinski definition) is 0. The van der Waals surface area contributed by atoms with Crippen molar-refractivity contribution in [3.8, 4) is 11.5 Å². The fraction of sp³-hybridized carbons (Fsp3) is 0.235. The van der Waals surface area contributed by atoms with E-state index < -0.39 is 0 Å². The third kappa shape index (κ3) is 4.14. The molecule has 0 N–H and O–H groups in total.